The summed E-state index contributed by atoms with van der Waals surface area (Å²) in [7, 11) is 0. The minimum atomic E-state index is -0.753. The molecular formula is C12H18N4O2. The Hall–Kier alpha value is -2.24. The molecular weight excluding hydrogens is 232 g/mol. The first kappa shape index (κ1) is 13.8. The van der Waals surface area contributed by atoms with Gasteiger partial charge in [0.25, 0.3) is 5.91 Å². The lowest BCUT2D eigenvalue weighted by molar-refractivity contribution is -0.125. The van der Waals surface area contributed by atoms with Gasteiger partial charge in [-0.05, 0) is 26.0 Å². The highest BCUT2D eigenvalue weighted by Gasteiger charge is 2.25. The second kappa shape index (κ2) is 4.95. The Morgan fingerprint density at radius 2 is 1.89 bits per heavy atom. The second-order valence-electron chi connectivity index (χ2n) is 4.74. The van der Waals surface area contributed by atoms with Gasteiger partial charge in [0.05, 0.1) is 22.4 Å². The van der Waals surface area contributed by atoms with Gasteiger partial charge in [-0.2, -0.15) is 0 Å². The van der Waals surface area contributed by atoms with Crippen molar-refractivity contribution < 1.29 is 9.59 Å². The number of nitrogens with one attached hydrogen (secondary N) is 1. The molecule has 0 bridgehead atoms. The maximum Gasteiger partial charge on any atom is 0.250 e. The van der Waals surface area contributed by atoms with Crippen LogP contribution >= 0.6 is 0 Å². The molecule has 0 spiro atoms. The zero-order chi connectivity index (χ0) is 13.9. The molecule has 0 radical (unpaired) electrons. The molecule has 0 unspecified atom stereocenters. The van der Waals surface area contributed by atoms with Crippen LogP contribution in [0.5, 0.6) is 0 Å². The van der Waals surface area contributed by atoms with Crippen LogP contribution in [0, 0.1) is 5.41 Å². The molecule has 18 heavy (non-hydrogen) atoms. The Labute approximate surface area is 106 Å². The SMILES string of the molecule is CC(C)(CNc1c(N)cccc1C(N)=O)C(N)=O. The number of carbonyl (C=O) groups is 2. The fourth-order valence-corrected chi connectivity index (χ4v) is 1.37. The van der Waals surface area contributed by atoms with E-state index in [0.717, 1.165) is 0 Å². The van der Waals surface area contributed by atoms with Crippen LogP contribution in [-0.4, -0.2) is 18.4 Å². The number of para-hydroxylation sites is 1. The van der Waals surface area contributed by atoms with Crippen molar-refractivity contribution in [2.24, 2.45) is 16.9 Å². The van der Waals surface area contributed by atoms with Crippen LogP contribution in [0.15, 0.2) is 18.2 Å². The molecule has 0 saturated heterocycles. The largest absolute Gasteiger partial charge is 0.397 e. The second-order valence-corrected chi connectivity index (χ2v) is 4.74. The third kappa shape index (κ3) is 2.91. The molecule has 98 valence electrons. The first-order valence-corrected chi connectivity index (χ1v) is 5.48. The van der Waals surface area contributed by atoms with Gasteiger partial charge in [-0.25, -0.2) is 0 Å². The molecule has 2 amide bonds. The molecule has 1 aromatic rings. The molecule has 0 aromatic heterocycles. The van der Waals surface area contributed by atoms with E-state index in [4.69, 9.17) is 17.2 Å². The Morgan fingerprint density at radius 3 is 2.39 bits per heavy atom. The van der Waals surface area contributed by atoms with Gasteiger partial charge < -0.3 is 22.5 Å². The zero-order valence-corrected chi connectivity index (χ0v) is 10.5. The minimum Gasteiger partial charge on any atom is -0.397 e. The van der Waals surface area contributed by atoms with E-state index in [9.17, 15) is 9.59 Å². The quantitative estimate of drug-likeness (QED) is 0.560. The highest BCUT2D eigenvalue weighted by Crippen LogP contribution is 2.25. The van der Waals surface area contributed by atoms with Crippen LogP contribution in [0.2, 0.25) is 0 Å². The number of benzene rings is 1. The van der Waals surface area contributed by atoms with Crippen LogP contribution < -0.4 is 22.5 Å². The highest BCUT2D eigenvalue weighted by atomic mass is 16.1. The third-order valence-electron chi connectivity index (χ3n) is 2.74. The van der Waals surface area contributed by atoms with Crippen molar-refractivity contribution in [1.29, 1.82) is 0 Å². The number of carbonyl (C=O) groups excluding carboxylic acids is 2. The van der Waals surface area contributed by atoms with E-state index in [2.05, 4.69) is 5.32 Å². The number of anilines is 2. The fourth-order valence-electron chi connectivity index (χ4n) is 1.37. The predicted octanol–water partition coefficient (Wildman–Crippen LogP) is 0.291. The van der Waals surface area contributed by atoms with Gasteiger partial charge in [0.15, 0.2) is 0 Å². The van der Waals surface area contributed by atoms with Gasteiger partial charge in [-0.15, -0.1) is 0 Å². The number of rotatable bonds is 5. The van der Waals surface area contributed by atoms with Crippen LogP contribution in [0.3, 0.4) is 0 Å². The average Bonchev–Trinajstić information content (AvgIpc) is 2.26. The van der Waals surface area contributed by atoms with Crippen LogP contribution in [-0.2, 0) is 4.79 Å². The van der Waals surface area contributed by atoms with Crippen molar-refractivity contribution in [2.45, 2.75) is 13.8 Å². The summed E-state index contributed by atoms with van der Waals surface area (Å²) in [4.78, 5) is 22.5. The summed E-state index contributed by atoms with van der Waals surface area (Å²) in [6, 6.07) is 4.85. The number of hydrogen-bond acceptors (Lipinski definition) is 4. The summed E-state index contributed by atoms with van der Waals surface area (Å²) in [5.41, 5.74) is 16.7. The monoisotopic (exact) mass is 250 g/mol. The van der Waals surface area contributed by atoms with Crippen molar-refractivity contribution in [3.63, 3.8) is 0 Å². The molecule has 6 heteroatoms. The first-order valence-electron chi connectivity index (χ1n) is 5.48. The molecule has 1 aromatic carbocycles. The van der Waals surface area contributed by atoms with Crippen LogP contribution in [0.1, 0.15) is 24.2 Å². The Bertz CT molecular complexity index is 483. The Kier molecular flexibility index (Phi) is 3.80. The standard InChI is InChI=1S/C12H18N4O2/c1-12(2,11(15)18)6-16-9-7(10(14)17)4-3-5-8(9)13/h3-5,16H,6,13H2,1-2H3,(H2,14,17)(H2,15,18). The Balaban J connectivity index is 2.98. The molecule has 0 saturated carbocycles. The average molecular weight is 250 g/mol. The smallest absolute Gasteiger partial charge is 0.250 e. The zero-order valence-electron chi connectivity index (χ0n) is 10.5. The summed E-state index contributed by atoms with van der Waals surface area (Å²) >= 11 is 0. The predicted molar refractivity (Wildman–Crippen MR) is 70.8 cm³/mol. The molecule has 0 fully saturated rings. The third-order valence-corrected chi connectivity index (χ3v) is 2.74. The van der Waals surface area contributed by atoms with Crippen LogP contribution in [0.4, 0.5) is 11.4 Å². The number of hydrogen-bond donors (Lipinski definition) is 4. The molecule has 1 rings (SSSR count). The number of nitrogen functional groups attached to an aromatic ring is 1. The van der Waals surface area contributed by atoms with Crippen molar-refractivity contribution >= 4 is 23.2 Å². The lowest BCUT2D eigenvalue weighted by Crippen LogP contribution is -2.37. The van der Waals surface area contributed by atoms with Crippen molar-refractivity contribution in [3.8, 4) is 0 Å². The van der Waals surface area contributed by atoms with E-state index in [1.54, 1.807) is 32.0 Å². The van der Waals surface area contributed by atoms with Gasteiger partial charge in [-0.1, -0.05) is 6.07 Å². The molecule has 0 aliphatic rings. The lowest BCUT2D eigenvalue weighted by Gasteiger charge is -2.23. The molecule has 0 aliphatic carbocycles. The molecule has 0 heterocycles. The van der Waals surface area contributed by atoms with Crippen LogP contribution in [0.25, 0.3) is 0 Å². The minimum absolute atomic E-state index is 0.261. The topological polar surface area (TPSA) is 124 Å². The number of amides is 2. The fraction of sp³-hybridized carbons (Fsp3) is 0.333. The summed E-state index contributed by atoms with van der Waals surface area (Å²) < 4.78 is 0. The maximum absolute atomic E-state index is 11.3. The van der Waals surface area contributed by atoms with Crippen molar-refractivity contribution in [2.75, 3.05) is 17.6 Å². The summed E-state index contributed by atoms with van der Waals surface area (Å²) in [5.74, 6) is -1.02. The summed E-state index contributed by atoms with van der Waals surface area (Å²) in [6.07, 6.45) is 0. The van der Waals surface area contributed by atoms with Gasteiger partial charge in [-0.3, -0.25) is 9.59 Å². The van der Waals surface area contributed by atoms with E-state index < -0.39 is 17.2 Å². The Morgan fingerprint density at radius 1 is 1.28 bits per heavy atom. The van der Waals surface area contributed by atoms with Gasteiger partial charge >= 0.3 is 0 Å². The molecule has 0 aliphatic heterocycles. The van der Waals surface area contributed by atoms with E-state index in [0.29, 0.717) is 11.4 Å². The number of primary amides is 2. The van der Waals surface area contributed by atoms with E-state index in [1.807, 2.05) is 0 Å². The summed E-state index contributed by atoms with van der Waals surface area (Å²) in [5, 5.41) is 2.96. The molecule has 0 atom stereocenters. The first-order chi connectivity index (χ1) is 8.25. The molecule has 7 N–H and O–H groups in total. The highest BCUT2D eigenvalue weighted by molar-refractivity contribution is 6.01. The van der Waals surface area contributed by atoms with Gasteiger partial charge in [0, 0.05) is 6.54 Å². The maximum atomic E-state index is 11.3. The van der Waals surface area contributed by atoms with E-state index in [1.165, 1.54) is 0 Å². The van der Waals surface area contributed by atoms with E-state index >= 15 is 0 Å². The number of nitrogens with two attached hydrogens (primary N) is 3. The summed E-state index contributed by atoms with van der Waals surface area (Å²) in [6.45, 7) is 3.66. The normalized spacial score (nSPS) is 11.0. The van der Waals surface area contributed by atoms with Crippen molar-refractivity contribution in [1.82, 2.24) is 0 Å². The van der Waals surface area contributed by atoms with Crippen molar-refractivity contribution in [3.05, 3.63) is 23.8 Å². The lowest BCUT2D eigenvalue weighted by atomic mass is 9.92. The van der Waals surface area contributed by atoms with Gasteiger partial charge in [0.1, 0.15) is 0 Å². The molecule has 6 nitrogen and oxygen atoms in total. The van der Waals surface area contributed by atoms with E-state index in [-0.39, 0.29) is 12.1 Å². The van der Waals surface area contributed by atoms with Gasteiger partial charge in [0.2, 0.25) is 5.91 Å².